The van der Waals surface area contributed by atoms with Gasteiger partial charge in [0.15, 0.2) is 0 Å². The minimum absolute atomic E-state index is 0.298. The summed E-state index contributed by atoms with van der Waals surface area (Å²) in [6.45, 7) is 7.18. The Kier molecular flexibility index (Phi) is 7.12. The van der Waals surface area contributed by atoms with Crippen LogP contribution in [0.5, 0.6) is 5.75 Å². The van der Waals surface area contributed by atoms with Crippen molar-refractivity contribution in [2.45, 2.75) is 20.4 Å². The highest BCUT2D eigenvalue weighted by atomic mass is 35.5. The highest BCUT2D eigenvalue weighted by Crippen LogP contribution is 2.32. The van der Waals surface area contributed by atoms with Crippen molar-refractivity contribution in [1.29, 1.82) is 0 Å². The van der Waals surface area contributed by atoms with Crippen molar-refractivity contribution in [1.82, 2.24) is 4.90 Å². The fraction of sp³-hybridized carbons (Fsp3) is 0.316. The molecule has 25 heavy (non-hydrogen) atoms. The van der Waals surface area contributed by atoms with E-state index in [4.69, 9.17) is 27.9 Å². The number of carbonyl (C=O) groups excluding carboxylic acids is 1. The van der Waals surface area contributed by atoms with Crippen LogP contribution < -0.4 is 10.1 Å². The predicted molar refractivity (Wildman–Crippen MR) is 104 cm³/mol. The Morgan fingerprint density at radius 1 is 1.12 bits per heavy atom. The molecule has 4 nitrogen and oxygen atoms in total. The molecule has 2 aromatic rings. The molecular formula is C19H22Cl2N2O2. The molecule has 1 N–H and O–H groups in total. The van der Waals surface area contributed by atoms with Crippen molar-refractivity contribution < 1.29 is 9.53 Å². The number of hydrogen-bond donors (Lipinski definition) is 1. The fourth-order valence-corrected chi connectivity index (χ4v) is 3.10. The SMILES string of the molecule is CCN(CC)Cc1ccc(NC(=O)c2cc(Cl)cc(Cl)c2OC)cc1. The second-order valence-electron chi connectivity index (χ2n) is 5.58. The average Bonchev–Trinajstić information content (AvgIpc) is 2.60. The normalized spacial score (nSPS) is 10.8. The first kappa shape index (κ1) is 19.6. The lowest BCUT2D eigenvalue weighted by Gasteiger charge is -2.18. The van der Waals surface area contributed by atoms with Crippen LogP contribution in [0, 0.1) is 0 Å². The molecule has 2 rings (SSSR count). The van der Waals surface area contributed by atoms with Crippen molar-refractivity contribution in [2.75, 3.05) is 25.5 Å². The molecule has 0 aromatic heterocycles. The average molecular weight is 381 g/mol. The van der Waals surface area contributed by atoms with E-state index in [1.807, 2.05) is 24.3 Å². The van der Waals surface area contributed by atoms with Crippen LogP contribution in [-0.4, -0.2) is 31.0 Å². The fourth-order valence-electron chi connectivity index (χ4n) is 2.53. The summed E-state index contributed by atoms with van der Waals surface area (Å²) in [6.07, 6.45) is 0. The lowest BCUT2D eigenvalue weighted by Crippen LogP contribution is -2.22. The number of ether oxygens (including phenoxy) is 1. The Morgan fingerprint density at radius 3 is 2.32 bits per heavy atom. The van der Waals surface area contributed by atoms with Crippen molar-refractivity contribution in [3.8, 4) is 5.75 Å². The number of nitrogens with zero attached hydrogens (tertiary/aromatic N) is 1. The Morgan fingerprint density at radius 2 is 1.76 bits per heavy atom. The number of nitrogens with one attached hydrogen (secondary N) is 1. The first-order valence-corrected chi connectivity index (χ1v) is 8.89. The van der Waals surface area contributed by atoms with E-state index in [-0.39, 0.29) is 5.91 Å². The molecule has 0 unspecified atom stereocenters. The van der Waals surface area contributed by atoms with Gasteiger partial charge in [-0.2, -0.15) is 0 Å². The number of halogens is 2. The van der Waals surface area contributed by atoms with Crippen LogP contribution in [0.3, 0.4) is 0 Å². The van der Waals surface area contributed by atoms with Crippen LogP contribution in [0.1, 0.15) is 29.8 Å². The molecule has 0 saturated carbocycles. The van der Waals surface area contributed by atoms with Crippen molar-refractivity contribution in [3.05, 3.63) is 57.6 Å². The van der Waals surface area contributed by atoms with Crippen LogP contribution in [0.15, 0.2) is 36.4 Å². The van der Waals surface area contributed by atoms with Gasteiger partial charge in [0.25, 0.3) is 5.91 Å². The van der Waals surface area contributed by atoms with E-state index >= 15 is 0 Å². The van der Waals surface area contributed by atoms with Gasteiger partial charge in [-0.1, -0.05) is 49.2 Å². The summed E-state index contributed by atoms with van der Waals surface area (Å²) in [5, 5.41) is 3.53. The Bertz CT molecular complexity index is 729. The zero-order valence-corrected chi connectivity index (χ0v) is 16.1. The summed E-state index contributed by atoms with van der Waals surface area (Å²) in [4.78, 5) is 14.9. The van der Waals surface area contributed by atoms with Crippen LogP contribution in [0.25, 0.3) is 0 Å². The smallest absolute Gasteiger partial charge is 0.259 e. The third-order valence-corrected chi connectivity index (χ3v) is 4.47. The maximum Gasteiger partial charge on any atom is 0.259 e. The lowest BCUT2D eigenvalue weighted by atomic mass is 10.1. The summed E-state index contributed by atoms with van der Waals surface area (Å²) < 4.78 is 5.22. The highest BCUT2D eigenvalue weighted by molar-refractivity contribution is 6.36. The zero-order valence-electron chi connectivity index (χ0n) is 14.6. The van der Waals surface area contributed by atoms with Crippen molar-refractivity contribution in [3.63, 3.8) is 0 Å². The number of hydrogen-bond acceptors (Lipinski definition) is 3. The van der Waals surface area contributed by atoms with Gasteiger partial charge in [-0.3, -0.25) is 9.69 Å². The first-order chi connectivity index (χ1) is 12.0. The summed E-state index contributed by atoms with van der Waals surface area (Å²) in [7, 11) is 1.47. The number of amides is 1. The van der Waals surface area contributed by atoms with Gasteiger partial charge in [-0.15, -0.1) is 0 Å². The molecule has 0 aliphatic rings. The quantitative estimate of drug-likeness (QED) is 0.726. The number of benzene rings is 2. The third kappa shape index (κ3) is 5.11. The molecule has 0 saturated heterocycles. The lowest BCUT2D eigenvalue weighted by molar-refractivity contribution is 0.102. The topological polar surface area (TPSA) is 41.6 Å². The number of carbonyl (C=O) groups is 1. The molecule has 0 aliphatic carbocycles. The van der Waals surface area contributed by atoms with Gasteiger partial charge >= 0.3 is 0 Å². The molecule has 0 aliphatic heterocycles. The predicted octanol–water partition coefficient (Wildman–Crippen LogP) is 5.10. The van der Waals surface area contributed by atoms with Crippen molar-refractivity contribution in [2.24, 2.45) is 0 Å². The maximum atomic E-state index is 12.5. The van der Waals surface area contributed by atoms with E-state index in [1.54, 1.807) is 6.07 Å². The Labute approximate surface area is 158 Å². The molecule has 0 radical (unpaired) electrons. The van der Waals surface area contributed by atoms with Gasteiger partial charge in [0.05, 0.1) is 17.7 Å². The molecule has 1 amide bonds. The van der Waals surface area contributed by atoms with Crippen LogP contribution >= 0.6 is 23.2 Å². The number of anilines is 1. The number of methoxy groups -OCH3 is 1. The summed E-state index contributed by atoms with van der Waals surface area (Å²) >= 11 is 12.1. The largest absolute Gasteiger partial charge is 0.494 e. The van der Waals surface area contributed by atoms with E-state index in [2.05, 4.69) is 24.1 Å². The van der Waals surface area contributed by atoms with Gasteiger partial charge < -0.3 is 10.1 Å². The van der Waals surface area contributed by atoms with Crippen LogP contribution in [-0.2, 0) is 6.54 Å². The maximum absolute atomic E-state index is 12.5. The van der Waals surface area contributed by atoms with E-state index in [0.29, 0.717) is 27.0 Å². The molecule has 0 heterocycles. The molecule has 0 bridgehead atoms. The molecule has 134 valence electrons. The molecule has 0 atom stereocenters. The summed E-state index contributed by atoms with van der Waals surface area (Å²) in [5.41, 5.74) is 2.20. The van der Waals surface area contributed by atoms with Gasteiger partial charge in [-0.25, -0.2) is 0 Å². The molecular weight excluding hydrogens is 359 g/mol. The van der Waals surface area contributed by atoms with E-state index < -0.39 is 0 Å². The standard InChI is InChI=1S/C19H22Cl2N2O2/c1-4-23(5-2)12-13-6-8-15(9-7-13)22-19(24)16-10-14(20)11-17(21)18(16)25-3/h6-11H,4-5,12H2,1-3H3,(H,22,24). The van der Waals surface area contributed by atoms with Crippen LogP contribution in [0.4, 0.5) is 5.69 Å². The first-order valence-electron chi connectivity index (χ1n) is 8.14. The summed E-state index contributed by atoms with van der Waals surface area (Å²) in [5.74, 6) is -0.0144. The van der Waals surface area contributed by atoms with Gasteiger partial charge in [0.1, 0.15) is 5.75 Å². The Balaban J connectivity index is 2.13. The van der Waals surface area contributed by atoms with Crippen molar-refractivity contribution >= 4 is 34.8 Å². The van der Waals surface area contributed by atoms with E-state index in [9.17, 15) is 4.79 Å². The molecule has 6 heteroatoms. The third-order valence-electron chi connectivity index (χ3n) is 3.97. The number of rotatable bonds is 7. The second kappa shape index (κ2) is 9.09. The van der Waals surface area contributed by atoms with Gasteiger partial charge in [-0.05, 0) is 42.9 Å². The molecule has 0 fully saturated rings. The highest BCUT2D eigenvalue weighted by Gasteiger charge is 2.17. The van der Waals surface area contributed by atoms with Crippen LogP contribution in [0.2, 0.25) is 10.0 Å². The molecule has 2 aromatic carbocycles. The summed E-state index contributed by atoms with van der Waals surface area (Å²) in [6, 6.07) is 10.9. The van der Waals surface area contributed by atoms with Gasteiger partial charge in [0.2, 0.25) is 0 Å². The second-order valence-corrected chi connectivity index (χ2v) is 6.42. The van der Waals surface area contributed by atoms with Gasteiger partial charge in [0, 0.05) is 17.3 Å². The monoisotopic (exact) mass is 380 g/mol. The van der Waals surface area contributed by atoms with E-state index in [0.717, 1.165) is 19.6 Å². The zero-order chi connectivity index (χ0) is 18.4. The van der Waals surface area contributed by atoms with E-state index in [1.165, 1.54) is 18.7 Å². The minimum Gasteiger partial charge on any atom is -0.494 e. The minimum atomic E-state index is -0.322. The Hall–Kier alpha value is -1.75. The molecule has 0 spiro atoms.